The SMILES string of the molecule is CCOC(=O)C1CCN(C(=NC)NCc2ccc(CC)s2)CC1.I. The van der Waals surface area contributed by atoms with Crippen LogP contribution in [-0.4, -0.2) is 43.6 Å². The summed E-state index contributed by atoms with van der Waals surface area (Å²) in [5, 5.41) is 3.43. The molecule has 5 nitrogen and oxygen atoms in total. The molecule has 0 unspecified atom stereocenters. The van der Waals surface area contributed by atoms with Crippen molar-refractivity contribution in [2.45, 2.75) is 39.7 Å². The molecule has 2 rings (SSSR count). The first kappa shape index (κ1) is 21.2. The summed E-state index contributed by atoms with van der Waals surface area (Å²) < 4.78 is 5.12. The van der Waals surface area contributed by atoms with Gasteiger partial charge in [0.05, 0.1) is 19.1 Å². The van der Waals surface area contributed by atoms with Crippen LogP contribution in [0.15, 0.2) is 17.1 Å². The summed E-state index contributed by atoms with van der Waals surface area (Å²) in [6.45, 7) is 6.97. The number of ether oxygens (including phenoxy) is 1. The van der Waals surface area contributed by atoms with Gasteiger partial charge in [0.2, 0.25) is 0 Å². The Morgan fingerprint density at radius 1 is 1.33 bits per heavy atom. The zero-order valence-electron chi connectivity index (χ0n) is 14.7. The molecule has 1 aliphatic heterocycles. The van der Waals surface area contributed by atoms with Crippen LogP contribution in [0.25, 0.3) is 0 Å². The lowest BCUT2D eigenvalue weighted by Crippen LogP contribution is -2.46. The molecular weight excluding hydrogens is 437 g/mol. The number of nitrogens with zero attached hydrogens (tertiary/aromatic N) is 2. The maximum absolute atomic E-state index is 11.8. The van der Waals surface area contributed by atoms with Crippen molar-refractivity contribution < 1.29 is 9.53 Å². The molecule has 136 valence electrons. The van der Waals surface area contributed by atoms with Crippen LogP contribution in [0.5, 0.6) is 0 Å². The fourth-order valence-electron chi connectivity index (χ4n) is 2.79. The second kappa shape index (κ2) is 10.9. The zero-order chi connectivity index (χ0) is 16.7. The maximum Gasteiger partial charge on any atom is 0.309 e. The Labute approximate surface area is 165 Å². The van der Waals surface area contributed by atoms with E-state index in [4.69, 9.17) is 4.74 Å². The smallest absolute Gasteiger partial charge is 0.309 e. The third kappa shape index (κ3) is 5.91. The van der Waals surface area contributed by atoms with Crippen LogP contribution < -0.4 is 5.32 Å². The second-order valence-corrected chi connectivity index (χ2v) is 6.89. The van der Waals surface area contributed by atoms with Crippen LogP contribution in [0.2, 0.25) is 0 Å². The number of nitrogens with one attached hydrogen (secondary N) is 1. The van der Waals surface area contributed by atoms with Crippen LogP contribution in [0.3, 0.4) is 0 Å². The van der Waals surface area contributed by atoms with Crippen LogP contribution in [-0.2, 0) is 22.5 Å². The summed E-state index contributed by atoms with van der Waals surface area (Å²) in [6, 6.07) is 4.37. The predicted molar refractivity (Wildman–Crippen MR) is 110 cm³/mol. The zero-order valence-corrected chi connectivity index (χ0v) is 17.9. The number of aliphatic imine (C=N–C) groups is 1. The molecule has 0 spiro atoms. The summed E-state index contributed by atoms with van der Waals surface area (Å²) in [4.78, 5) is 21.1. The molecule has 1 aromatic heterocycles. The molecule has 0 radical (unpaired) electrons. The largest absolute Gasteiger partial charge is 0.466 e. The average molecular weight is 465 g/mol. The molecule has 0 aliphatic carbocycles. The highest BCUT2D eigenvalue weighted by Gasteiger charge is 2.27. The van der Waals surface area contributed by atoms with Crippen molar-refractivity contribution >= 4 is 47.2 Å². The molecule has 1 aromatic rings. The van der Waals surface area contributed by atoms with E-state index in [0.717, 1.165) is 44.9 Å². The van der Waals surface area contributed by atoms with E-state index in [2.05, 4.69) is 34.3 Å². The Kier molecular flexibility index (Phi) is 9.65. The van der Waals surface area contributed by atoms with Gasteiger partial charge >= 0.3 is 5.97 Å². The van der Waals surface area contributed by atoms with E-state index in [1.54, 1.807) is 0 Å². The van der Waals surface area contributed by atoms with Crippen molar-refractivity contribution in [2.24, 2.45) is 10.9 Å². The third-order valence-electron chi connectivity index (χ3n) is 4.11. The normalized spacial score (nSPS) is 15.8. The number of piperidine rings is 1. The lowest BCUT2D eigenvalue weighted by Gasteiger charge is -2.33. The first-order chi connectivity index (χ1) is 11.2. The molecule has 1 fully saturated rings. The number of carbonyl (C=O) groups is 1. The van der Waals surface area contributed by atoms with Crippen molar-refractivity contribution in [3.05, 3.63) is 21.9 Å². The van der Waals surface area contributed by atoms with E-state index >= 15 is 0 Å². The van der Waals surface area contributed by atoms with Gasteiger partial charge in [-0.15, -0.1) is 35.3 Å². The average Bonchev–Trinajstić information content (AvgIpc) is 3.04. The Balaban J connectivity index is 0.00000288. The molecule has 0 saturated carbocycles. The molecule has 0 aromatic carbocycles. The van der Waals surface area contributed by atoms with Crippen molar-refractivity contribution in [3.8, 4) is 0 Å². The Hall–Kier alpha value is -0.830. The molecule has 0 atom stereocenters. The first-order valence-corrected chi connectivity index (χ1v) is 9.19. The number of carbonyl (C=O) groups excluding carboxylic acids is 1. The predicted octanol–water partition coefficient (Wildman–Crippen LogP) is 3.28. The molecule has 24 heavy (non-hydrogen) atoms. The van der Waals surface area contributed by atoms with Crippen molar-refractivity contribution in [3.63, 3.8) is 0 Å². The third-order valence-corrected chi connectivity index (χ3v) is 5.34. The number of aryl methyl sites for hydroxylation is 1. The maximum atomic E-state index is 11.8. The highest BCUT2D eigenvalue weighted by Crippen LogP contribution is 2.19. The number of thiophene rings is 1. The monoisotopic (exact) mass is 465 g/mol. The number of esters is 1. The van der Waals surface area contributed by atoms with Crippen LogP contribution in [0.4, 0.5) is 0 Å². The molecule has 1 saturated heterocycles. The minimum Gasteiger partial charge on any atom is -0.466 e. The number of hydrogen-bond donors (Lipinski definition) is 1. The van der Waals surface area contributed by atoms with Crippen LogP contribution >= 0.6 is 35.3 Å². The topological polar surface area (TPSA) is 53.9 Å². The molecule has 2 heterocycles. The van der Waals surface area contributed by atoms with Crippen LogP contribution in [0, 0.1) is 5.92 Å². The minimum absolute atomic E-state index is 0. The fraction of sp³-hybridized carbons (Fsp3) is 0.647. The van der Waals surface area contributed by atoms with Gasteiger partial charge in [-0.3, -0.25) is 9.79 Å². The molecule has 1 aliphatic rings. The number of guanidine groups is 1. The fourth-order valence-corrected chi connectivity index (χ4v) is 3.69. The quantitative estimate of drug-likeness (QED) is 0.314. The van der Waals surface area contributed by atoms with E-state index < -0.39 is 0 Å². The Morgan fingerprint density at radius 3 is 2.54 bits per heavy atom. The van der Waals surface area contributed by atoms with Crippen molar-refractivity contribution in [2.75, 3.05) is 26.7 Å². The Morgan fingerprint density at radius 2 is 2.00 bits per heavy atom. The van der Waals surface area contributed by atoms with Gasteiger partial charge in [-0.2, -0.15) is 0 Å². The van der Waals surface area contributed by atoms with Gasteiger partial charge in [0.1, 0.15) is 0 Å². The van der Waals surface area contributed by atoms with E-state index in [0.29, 0.717) is 6.61 Å². The summed E-state index contributed by atoms with van der Waals surface area (Å²) in [5.41, 5.74) is 0. The number of likely N-dealkylation sites (tertiary alicyclic amines) is 1. The number of hydrogen-bond acceptors (Lipinski definition) is 4. The summed E-state index contributed by atoms with van der Waals surface area (Å²) in [7, 11) is 1.81. The number of rotatable bonds is 5. The minimum atomic E-state index is -0.0548. The van der Waals surface area contributed by atoms with Gasteiger partial charge in [0.25, 0.3) is 0 Å². The lowest BCUT2D eigenvalue weighted by atomic mass is 9.97. The van der Waals surface area contributed by atoms with Gasteiger partial charge in [0.15, 0.2) is 5.96 Å². The van der Waals surface area contributed by atoms with E-state index in [1.165, 1.54) is 9.75 Å². The second-order valence-electron chi connectivity index (χ2n) is 5.64. The van der Waals surface area contributed by atoms with Gasteiger partial charge < -0.3 is 15.0 Å². The number of halogens is 1. The van der Waals surface area contributed by atoms with Gasteiger partial charge in [-0.05, 0) is 38.3 Å². The molecule has 7 heteroatoms. The van der Waals surface area contributed by atoms with E-state index in [9.17, 15) is 4.79 Å². The van der Waals surface area contributed by atoms with Crippen LogP contribution in [0.1, 0.15) is 36.4 Å². The van der Waals surface area contributed by atoms with E-state index in [1.807, 2.05) is 25.3 Å². The molecule has 0 bridgehead atoms. The summed E-state index contributed by atoms with van der Waals surface area (Å²) in [6.07, 6.45) is 2.75. The van der Waals surface area contributed by atoms with Crippen molar-refractivity contribution in [1.82, 2.24) is 10.2 Å². The first-order valence-electron chi connectivity index (χ1n) is 8.37. The molecular formula is C17H28IN3O2S. The highest BCUT2D eigenvalue weighted by molar-refractivity contribution is 14.0. The molecule has 0 amide bonds. The van der Waals surface area contributed by atoms with Gasteiger partial charge in [-0.25, -0.2) is 0 Å². The summed E-state index contributed by atoms with van der Waals surface area (Å²) in [5.74, 6) is 0.897. The Bertz CT molecular complexity index is 540. The van der Waals surface area contributed by atoms with Gasteiger partial charge in [-0.1, -0.05) is 6.92 Å². The highest BCUT2D eigenvalue weighted by atomic mass is 127. The summed E-state index contributed by atoms with van der Waals surface area (Å²) >= 11 is 1.84. The van der Waals surface area contributed by atoms with Crippen molar-refractivity contribution in [1.29, 1.82) is 0 Å². The van der Waals surface area contributed by atoms with E-state index in [-0.39, 0.29) is 35.9 Å². The van der Waals surface area contributed by atoms with Gasteiger partial charge in [0, 0.05) is 29.9 Å². The lowest BCUT2D eigenvalue weighted by molar-refractivity contribution is -0.149. The standard InChI is InChI=1S/C17H27N3O2S.HI/c1-4-14-6-7-15(23-14)12-19-17(18-3)20-10-8-13(9-11-20)16(21)22-5-2;/h6-7,13H,4-5,8-12H2,1-3H3,(H,18,19);1H. The molecule has 1 N–H and O–H groups in total.